The van der Waals surface area contributed by atoms with Gasteiger partial charge in [-0.2, -0.15) is 4.31 Å². The number of nitrogens with one attached hydrogen (secondary N) is 1. The Balaban J connectivity index is 1.61. The molecule has 1 aliphatic rings. The topological polar surface area (TPSA) is 92.8 Å². The molecular weight excluding hydrogens is 440 g/mol. The van der Waals surface area contributed by atoms with Crippen molar-refractivity contribution >= 4 is 39.2 Å². The van der Waals surface area contributed by atoms with Crippen LogP contribution in [0.3, 0.4) is 0 Å². The maximum absolute atomic E-state index is 12.8. The zero-order valence-corrected chi connectivity index (χ0v) is 18.8. The molecule has 1 unspecified atom stereocenters. The average molecular weight is 465 g/mol. The molecule has 0 spiro atoms. The Hall–Kier alpha value is -2.42. The third kappa shape index (κ3) is 6.06. The van der Waals surface area contributed by atoms with Crippen molar-refractivity contribution < 1.29 is 22.7 Å². The second-order valence-electron chi connectivity index (χ2n) is 7.39. The number of carbonyl (C=O) groups is 2. The number of sulfonamides is 1. The first-order chi connectivity index (χ1) is 14.8. The van der Waals surface area contributed by atoms with Gasteiger partial charge in [-0.3, -0.25) is 4.79 Å². The average Bonchev–Trinajstić information content (AvgIpc) is 3.05. The van der Waals surface area contributed by atoms with Gasteiger partial charge in [-0.15, -0.1) is 0 Å². The van der Waals surface area contributed by atoms with Gasteiger partial charge < -0.3 is 10.1 Å². The van der Waals surface area contributed by atoms with Gasteiger partial charge >= 0.3 is 5.97 Å². The van der Waals surface area contributed by atoms with Crippen LogP contribution in [-0.2, 0) is 19.6 Å². The number of hydrogen-bond acceptors (Lipinski definition) is 5. The molecule has 166 valence electrons. The van der Waals surface area contributed by atoms with E-state index < -0.39 is 28.0 Å². The Labute approximate surface area is 187 Å². The van der Waals surface area contributed by atoms with E-state index in [4.69, 9.17) is 16.3 Å². The molecule has 1 saturated heterocycles. The maximum Gasteiger partial charge on any atom is 0.338 e. The van der Waals surface area contributed by atoms with Crippen molar-refractivity contribution in [2.75, 3.05) is 18.4 Å². The highest BCUT2D eigenvalue weighted by molar-refractivity contribution is 7.89. The van der Waals surface area contributed by atoms with Crippen molar-refractivity contribution in [1.29, 1.82) is 0 Å². The van der Waals surface area contributed by atoms with Gasteiger partial charge in [0.2, 0.25) is 10.0 Å². The van der Waals surface area contributed by atoms with Gasteiger partial charge in [0.15, 0.2) is 6.10 Å². The van der Waals surface area contributed by atoms with Crippen LogP contribution in [0.5, 0.6) is 0 Å². The highest BCUT2D eigenvalue weighted by Crippen LogP contribution is 2.21. The third-order valence-corrected chi connectivity index (χ3v) is 7.22. The molecule has 2 aromatic rings. The van der Waals surface area contributed by atoms with E-state index in [2.05, 4.69) is 5.32 Å². The van der Waals surface area contributed by atoms with Crippen LogP contribution in [0, 0.1) is 0 Å². The lowest BCUT2D eigenvalue weighted by molar-refractivity contribution is -0.123. The van der Waals surface area contributed by atoms with Gasteiger partial charge in [0, 0.05) is 23.8 Å². The molecule has 7 nitrogen and oxygen atoms in total. The minimum absolute atomic E-state index is 0.138. The maximum atomic E-state index is 12.8. The second kappa shape index (κ2) is 10.3. The van der Waals surface area contributed by atoms with E-state index >= 15 is 0 Å². The Morgan fingerprint density at radius 2 is 1.55 bits per heavy atom. The Bertz CT molecular complexity index is 1010. The van der Waals surface area contributed by atoms with Crippen LogP contribution in [0.4, 0.5) is 5.69 Å². The SMILES string of the molecule is CC(OC(=O)c1ccc(S(=O)(=O)N2CCCCCC2)cc1)C(=O)Nc1ccc(Cl)cc1. The van der Waals surface area contributed by atoms with Crippen LogP contribution in [0.1, 0.15) is 43.0 Å². The molecule has 1 aliphatic heterocycles. The molecule has 1 atom stereocenters. The number of carbonyl (C=O) groups excluding carboxylic acids is 2. The molecular formula is C22H25ClN2O5S. The lowest BCUT2D eigenvalue weighted by Gasteiger charge is -2.20. The molecule has 1 N–H and O–H groups in total. The van der Waals surface area contributed by atoms with E-state index in [1.807, 2.05) is 0 Å². The number of nitrogens with zero attached hydrogens (tertiary/aromatic N) is 1. The van der Waals surface area contributed by atoms with Crippen LogP contribution in [0.2, 0.25) is 5.02 Å². The summed E-state index contributed by atoms with van der Waals surface area (Å²) in [6.45, 7) is 2.47. The summed E-state index contributed by atoms with van der Waals surface area (Å²) < 4.78 is 32.4. The molecule has 3 rings (SSSR count). The number of anilines is 1. The Kier molecular flexibility index (Phi) is 7.69. The second-order valence-corrected chi connectivity index (χ2v) is 9.76. The predicted octanol–water partition coefficient (Wildman–Crippen LogP) is 4.09. The van der Waals surface area contributed by atoms with Crippen LogP contribution in [-0.4, -0.2) is 43.8 Å². The van der Waals surface area contributed by atoms with Crippen molar-refractivity contribution in [3.63, 3.8) is 0 Å². The standard InChI is InChI=1S/C22H25ClN2O5S/c1-16(21(26)24-19-10-8-18(23)9-11-19)30-22(27)17-6-12-20(13-7-17)31(28,29)25-14-4-2-3-5-15-25/h6-13,16H,2-5,14-15H2,1H3,(H,24,26). The molecule has 9 heteroatoms. The molecule has 0 saturated carbocycles. The smallest absolute Gasteiger partial charge is 0.338 e. The summed E-state index contributed by atoms with van der Waals surface area (Å²) >= 11 is 5.82. The zero-order chi connectivity index (χ0) is 22.4. The first kappa shape index (κ1) is 23.2. The van der Waals surface area contributed by atoms with Crippen molar-refractivity contribution in [3.05, 3.63) is 59.1 Å². The number of hydrogen-bond donors (Lipinski definition) is 1. The number of benzene rings is 2. The first-order valence-corrected chi connectivity index (χ1v) is 12.0. The molecule has 1 heterocycles. The summed E-state index contributed by atoms with van der Waals surface area (Å²) in [5.41, 5.74) is 0.696. The van der Waals surface area contributed by atoms with E-state index in [9.17, 15) is 18.0 Å². The first-order valence-electron chi connectivity index (χ1n) is 10.1. The van der Waals surface area contributed by atoms with Crippen LogP contribution >= 0.6 is 11.6 Å². The van der Waals surface area contributed by atoms with Crippen LogP contribution in [0.15, 0.2) is 53.4 Å². The minimum atomic E-state index is -3.59. The monoisotopic (exact) mass is 464 g/mol. The van der Waals surface area contributed by atoms with Crippen molar-refractivity contribution in [2.45, 2.75) is 43.6 Å². The molecule has 1 fully saturated rings. The van der Waals surface area contributed by atoms with Gasteiger partial charge in [0.25, 0.3) is 5.91 Å². The van der Waals surface area contributed by atoms with Crippen molar-refractivity contribution in [3.8, 4) is 0 Å². The molecule has 31 heavy (non-hydrogen) atoms. The number of amides is 1. The van der Waals surface area contributed by atoms with Crippen LogP contribution in [0.25, 0.3) is 0 Å². The third-order valence-electron chi connectivity index (χ3n) is 5.06. The van der Waals surface area contributed by atoms with Gasteiger partial charge in [-0.25, -0.2) is 13.2 Å². The molecule has 0 aromatic heterocycles. The molecule has 0 bridgehead atoms. The number of esters is 1. The van der Waals surface area contributed by atoms with Crippen molar-refractivity contribution in [1.82, 2.24) is 4.31 Å². The Morgan fingerprint density at radius 1 is 0.968 bits per heavy atom. The van der Waals surface area contributed by atoms with Gasteiger partial charge in [0.1, 0.15) is 0 Å². The van der Waals surface area contributed by atoms with E-state index in [0.29, 0.717) is 23.8 Å². The zero-order valence-electron chi connectivity index (χ0n) is 17.2. The van der Waals surface area contributed by atoms with Gasteiger partial charge in [0.05, 0.1) is 10.5 Å². The number of halogens is 1. The lowest BCUT2D eigenvalue weighted by Crippen LogP contribution is -2.32. The van der Waals surface area contributed by atoms with Gasteiger partial charge in [-0.1, -0.05) is 24.4 Å². The largest absolute Gasteiger partial charge is 0.449 e. The fraction of sp³-hybridized carbons (Fsp3) is 0.364. The molecule has 1 amide bonds. The molecule has 2 aromatic carbocycles. The highest BCUT2D eigenvalue weighted by Gasteiger charge is 2.26. The summed E-state index contributed by atoms with van der Waals surface area (Å²) in [5.74, 6) is -1.20. The fourth-order valence-electron chi connectivity index (χ4n) is 3.25. The number of rotatable bonds is 6. The summed E-state index contributed by atoms with van der Waals surface area (Å²) in [6, 6.07) is 12.1. The Morgan fingerprint density at radius 3 is 2.13 bits per heavy atom. The van der Waals surface area contributed by atoms with E-state index in [1.165, 1.54) is 35.5 Å². The summed E-state index contributed by atoms with van der Waals surface area (Å²) in [5, 5.41) is 3.18. The van der Waals surface area contributed by atoms with E-state index in [0.717, 1.165) is 25.7 Å². The molecule has 0 aliphatic carbocycles. The normalized spacial score (nSPS) is 16.2. The summed E-state index contributed by atoms with van der Waals surface area (Å²) in [6.07, 6.45) is 2.71. The van der Waals surface area contributed by atoms with E-state index in [-0.39, 0.29) is 10.5 Å². The van der Waals surface area contributed by atoms with E-state index in [1.54, 1.807) is 24.3 Å². The number of ether oxygens (including phenoxy) is 1. The highest BCUT2D eigenvalue weighted by atomic mass is 35.5. The summed E-state index contributed by atoms with van der Waals surface area (Å²) in [4.78, 5) is 24.8. The molecule has 0 radical (unpaired) electrons. The fourth-order valence-corrected chi connectivity index (χ4v) is 4.90. The quantitative estimate of drug-likeness (QED) is 0.650. The summed E-state index contributed by atoms with van der Waals surface area (Å²) in [7, 11) is -3.59. The van der Waals surface area contributed by atoms with Gasteiger partial charge in [-0.05, 0) is 68.3 Å². The predicted molar refractivity (Wildman–Crippen MR) is 119 cm³/mol. The van der Waals surface area contributed by atoms with Crippen molar-refractivity contribution in [2.24, 2.45) is 0 Å². The lowest BCUT2D eigenvalue weighted by atomic mass is 10.2. The van der Waals surface area contributed by atoms with Crippen LogP contribution < -0.4 is 5.32 Å². The minimum Gasteiger partial charge on any atom is -0.449 e.